The van der Waals surface area contributed by atoms with Crippen LogP contribution in [0.5, 0.6) is 0 Å². The van der Waals surface area contributed by atoms with Crippen molar-refractivity contribution in [2.24, 2.45) is 13.0 Å². The maximum atomic E-state index is 12.6. The van der Waals surface area contributed by atoms with Crippen molar-refractivity contribution >= 4 is 17.6 Å². The number of carbonyl (C=O) groups is 2. The summed E-state index contributed by atoms with van der Waals surface area (Å²) in [6.45, 7) is 7.43. The summed E-state index contributed by atoms with van der Waals surface area (Å²) >= 11 is 0. The highest BCUT2D eigenvalue weighted by molar-refractivity contribution is 5.94. The molecule has 0 spiro atoms. The van der Waals surface area contributed by atoms with Gasteiger partial charge in [0.1, 0.15) is 0 Å². The Morgan fingerprint density at radius 1 is 1.23 bits per heavy atom. The zero-order chi connectivity index (χ0) is 19.3. The second kappa shape index (κ2) is 8.65. The van der Waals surface area contributed by atoms with Crippen LogP contribution in [0.2, 0.25) is 0 Å². The first kappa shape index (κ1) is 19.7. The van der Waals surface area contributed by atoms with E-state index in [4.69, 9.17) is 4.74 Å². The fourth-order valence-corrected chi connectivity index (χ4v) is 2.95. The molecule has 6 nitrogen and oxygen atoms in total. The minimum atomic E-state index is -0.379. The predicted molar refractivity (Wildman–Crippen MR) is 101 cm³/mol. The summed E-state index contributed by atoms with van der Waals surface area (Å²) in [4.78, 5) is 24.8. The molecule has 0 bridgehead atoms. The topological polar surface area (TPSA) is 73.2 Å². The molecule has 0 aliphatic carbocycles. The summed E-state index contributed by atoms with van der Waals surface area (Å²) in [6, 6.07) is 9.55. The zero-order valence-corrected chi connectivity index (χ0v) is 16.1. The molecule has 140 valence electrons. The molecule has 0 saturated carbocycles. The number of hydrogen-bond donors (Lipinski definition) is 1. The van der Waals surface area contributed by atoms with Gasteiger partial charge in [-0.2, -0.15) is 5.10 Å². The van der Waals surface area contributed by atoms with Gasteiger partial charge in [-0.15, -0.1) is 0 Å². The molecule has 0 aliphatic rings. The van der Waals surface area contributed by atoms with E-state index < -0.39 is 0 Å². The van der Waals surface area contributed by atoms with Gasteiger partial charge in [-0.25, -0.2) is 0 Å². The number of rotatable bonds is 7. The van der Waals surface area contributed by atoms with E-state index in [1.807, 2.05) is 65.1 Å². The Kier molecular flexibility index (Phi) is 6.55. The predicted octanol–water partition coefficient (Wildman–Crippen LogP) is 3.35. The van der Waals surface area contributed by atoms with Crippen molar-refractivity contribution in [1.29, 1.82) is 0 Å². The van der Waals surface area contributed by atoms with Crippen molar-refractivity contribution in [3.8, 4) is 0 Å². The van der Waals surface area contributed by atoms with Gasteiger partial charge < -0.3 is 10.1 Å². The number of benzene rings is 1. The fraction of sp³-hybridized carbons (Fsp3) is 0.450. The Labute approximate surface area is 154 Å². The molecule has 2 atom stereocenters. The molecular formula is C20H27N3O3. The van der Waals surface area contributed by atoms with Gasteiger partial charge in [0.2, 0.25) is 0 Å². The van der Waals surface area contributed by atoms with Crippen molar-refractivity contribution in [3.63, 3.8) is 0 Å². The van der Waals surface area contributed by atoms with Gasteiger partial charge in [0.05, 0.1) is 23.0 Å². The van der Waals surface area contributed by atoms with Crippen LogP contribution in [-0.4, -0.2) is 28.3 Å². The number of amides is 1. The summed E-state index contributed by atoms with van der Waals surface area (Å²) in [7, 11) is 1.81. The van der Waals surface area contributed by atoms with Gasteiger partial charge in [0, 0.05) is 7.05 Å². The number of esters is 1. The first-order valence-electron chi connectivity index (χ1n) is 8.86. The van der Waals surface area contributed by atoms with Gasteiger partial charge in [0.15, 0.2) is 6.61 Å². The van der Waals surface area contributed by atoms with Crippen LogP contribution in [0.3, 0.4) is 0 Å². The van der Waals surface area contributed by atoms with Crippen LogP contribution < -0.4 is 5.32 Å². The normalized spacial score (nSPS) is 13.1. The monoisotopic (exact) mass is 357 g/mol. The first-order chi connectivity index (χ1) is 12.3. The number of hydrogen-bond acceptors (Lipinski definition) is 4. The fourth-order valence-electron chi connectivity index (χ4n) is 2.95. The molecule has 0 unspecified atom stereocenters. The molecule has 1 heterocycles. The van der Waals surface area contributed by atoms with Gasteiger partial charge >= 0.3 is 5.97 Å². The summed E-state index contributed by atoms with van der Waals surface area (Å²) < 4.78 is 7.02. The van der Waals surface area contributed by atoms with Crippen LogP contribution in [0, 0.1) is 19.8 Å². The Morgan fingerprint density at radius 3 is 2.42 bits per heavy atom. The molecule has 2 aromatic rings. The molecule has 0 fully saturated rings. The highest BCUT2D eigenvalue weighted by Crippen LogP contribution is 2.28. The lowest BCUT2D eigenvalue weighted by molar-refractivity contribution is -0.150. The third-order valence-electron chi connectivity index (χ3n) is 4.74. The van der Waals surface area contributed by atoms with Crippen molar-refractivity contribution in [1.82, 2.24) is 9.78 Å². The Bertz CT molecular complexity index is 768. The molecule has 1 amide bonds. The van der Waals surface area contributed by atoms with Gasteiger partial charge in [-0.3, -0.25) is 14.3 Å². The third-order valence-corrected chi connectivity index (χ3v) is 4.74. The number of nitrogens with one attached hydrogen (secondary N) is 1. The highest BCUT2D eigenvalue weighted by Gasteiger charge is 2.28. The molecule has 1 N–H and O–H groups in total. The van der Waals surface area contributed by atoms with E-state index in [1.54, 1.807) is 4.68 Å². The van der Waals surface area contributed by atoms with Crippen molar-refractivity contribution < 1.29 is 14.3 Å². The lowest BCUT2D eigenvalue weighted by Gasteiger charge is -2.21. The molecule has 0 radical (unpaired) electrons. The first-order valence-corrected chi connectivity index (χ1v) is 8.86. The minimum absolute atomic E-state index is 0.121. The molecule has 0 aliphatic heterocycles. The molecule has 1 aromatic heterocycles. The SMILES string of the molecule is CC[C@H](C)[C@@H](C(=O)OCC(=O)Nc1c(C)nn(C)c1C)c1ccccc1. The molecule has 2 rings (SSSR count). The average molecular weight is 357 g/mol. The lowest BCUT2D eigenvalue weighted by Crippen LogP contribution is -2.27. The Hall–Kier alpha value is -2.63. The van der Waals surface area contributed by atoms with E-state index in [0.717, 1.165) is 23.4 Å². The van der Waals surface area contributed by atoms with Crippen LogP contribution in [0.15, 0.2) is 30.3 Å². The van der Waals surface area contributed by atoms with E-state index >= 15 is 0 Å². The second-order valence-corrected chi connectivity index (χ2v) is 6.60. The summed E-state index contributed by atoms with van der Waals surface area (Å²) in [5.41, 5.74) is 3.15. The Morgan fingerprint density at radius 2 is 1.88 bits per heavy atom. The maximum Gasteiger partial charge on any atom is 0.314 e. The van der Waals surface area contributed by atoms with Crippen LogP contribution >= 0.6 is 0 Å². The number of carbonyl (C=O) groups excluding carboxylic acids is 2. The maximum absolute atomic E-state index is 12.6. The molecule has 6 heteroatoms. The molecule has 0 saturated heterocycles. The summed E-state index contributed by atoms with van der Waals surface area (Å²) in [5, 5.41) is 7.03. The van der Waals surface area contributed by atoms with Crippen molar-refractivity contribution in [3.05, 3.63) is 47.3 Å². The summed E-state index contributed by atoms with van der Waals surface area (Å²) in [6.07, 6.45) is 0.842. The van der Waals surface area contributed by atoms with Gasteiger partial charge in [0.25, 0.3) is 5.91 Å². The summed E-state index contributed by atoms with van der Waals surface area (Å²) in [5.74, 6) is -1.000. The highest BCUT2D eigenvalue weighted by atomic mass is 16.5. The van der Waals surface area contributed by atoms with Crippen molar-refractivity contribution in [2.45, 2.75) is 40.0 Å². The van der Waals surface area contributed by atoms with Gasteiger partial charge in [-0.1, -0.05) is 50.6 Å². The molecule has 1 aromatic carbocycles. The standard InChI is InChI=1S/C20H27N3O3/c1-6-13(2)18(16-10-8-7-9-11-16)20(25)26-12-17(24)21-19-14(3)22-23(5)15(19)4/h7-11,13,18H,6,12H2,1-5H3,(H,21,24)/t13-,18+/m0/s1. The van der Waals surface area contributed by atoms with E-state index in [0.29, 0.717) is 5.69 Å². The molecular weight excluding hydrogens is 330 g/mol. The van der Waals surface area contributed by atoms with E-state index in [-0.39, 0.29) is 30.3 Å². The van der Waals surface area contributed by atoms with E-state index in [9.17, 15) is 9.59 Å². The number of nitrogens with zero attached hydrogens (tertiary/aromatic N) is 2. The van der Waals surface area contributed by atoms with Crippen molar-refractivity contribution in [2.75, 3.05) is 11.9 Å². The van der Waals surface area contributed by atoms with Crippen LogP contribution in [0.25, 0.3) is 0 Å². The number of aryl methyl sites for hydroxylation is 2. The van der Waals surface area contributed by atoms with Gasteiger partial charge in [-0.05, 0) is 25.3 Å². The largest absolute Gasteiger partial charge is 0.455 e. The zero-order valence-electron chi connectivity index (χ0n) is 16.1. The average Bonchev–Trinajstić information content (AvgIpc) is 2.87. The Balaban J connectivity index is 2.02. The lowest BCUT2D eigenvalue weighted by atomic mass is 9.86. The second-order valence-electron chi connectivity index (χ2n) is 6.60. The number of anilines is 1. The van der Waals surface area contributed by atoms with E-state index in [2.05, 4.69) is 10.4 Å². The molecule has 26 heavy (non-hydrogen) atoms. The smallest absolute Gasteiger partial charge is 0.314 e. The van der Waals surface area contributed by atoms with E-state index in [1.165, 1.54) is 0 Å². The third kappa shape index (κ3) is 4.50. The van der Waals surface area contributed by atoms with Crippen LogP contribution in [0.4, 0.5) is 5.69 Å². The van der Waals surface area contributed by atoms with Crippen LogP contribution in [0.1, 0.15) is 43.1 Å². The number of aromatic nitrogens is 2. The quantitative estimate of drug-likeness (QED) is 0.771. The number of ether oxygens (including phenoxy) is 1. The minimum Gasteiger partial charge on any atom is -0.455 e. The van der Waals surface area contributed by atoms with Crippen LogP contribution in [-0.2, 0) is 21.4 Å².